The summed E-state index contributed by atoms with van der Waals surface area (Å²) in [6.07, 6.45) is -4.46. The molecule has 0 aromatic heterocycles. The molecule has 14 heteroatoms. The van der Waals surface area contributed by atoms with E-state index < -0.39 is 81.5 Å². The zero-order valence-corrected chi connectivity index (χ0v) is 27.0. The van der Waals surface area contributed by atoms with Crippen molar-refractivity contribution in [3.63, 3.8) is 0 Å². The Kier molecular flexibility index (Phi) is 7.26. The molecule has 2 unspecified atom stereocenters. The molecular formula is C31H41NO13. The van der Waals surface area contributed by atoms with Gasteiger partial charge in [-0.05, 0) is 53.5 Å². The number of methoxy groups -OCH3 is 2. The quantitative estimate of drug-likeness (QED) is 0.232. The van der Waals surface area contributed by atoms with Crippen LogP contribution in [0.25, 0.3) is 0 Å². The van der Waals surface area contributed by atoms with Gasteiger partial charge in [-0.3, -0.25) is 14.9 Å². The van der Waals surface area contributed by atoms with E-state index in [1.807, 2.05) is 20.8 Å². The lowest BCUT2D eigenvalue weighted by molar-refractivity contribution is -0.386. The topological polar surface area (TPSA) is 160 Å². The minimum absolute atomic E-state index is 0.185. The lowest BCUT2D eigenvalue weighted by Crippen LogP contribution is -2.64. The Labute approximate surface area is 261 Å². The Morgan fingerprint density at radius 1 is 0.867 bits per heavy atom. The van der Waals surface area contributed by atoms with Crippen LogP contribution in [0.4, 0.5) is 5.69 Å². The predicted molar refractivity (Wildman–Crippen MR) is 152 cm³/mol. The zero-order chi connectivity index (χ0) is 32.9. The number of ether oxygens (including phenoxy) is 9. The summed E-state index contributed by atoms with van der Waals surface area (Å²) in [5.74, 6) is -2.83. The number of benzene rings is 1. The Morgan fingerprint density at radius 3 is 1.89 bits per heavy atom. The van der Waals surface area contributed by atoms with E-state index in [4.69, 9.17) is 42.6 Å². The molecule has 2 saturated carbocycles. The first kappa shape index (κ1) is 31.9. The number of esters is 2. The lowest BCUT2D eigenvalue weighted by atomic mass is 9.66. The molecular weight excluding hydrogens is 594 g/mol. The van der Waals surface area contributed by atoms with Crippen molar-refractivity contribution in [3.8, 4) is 11.5 Å². The second-order valence-electron chi connectivity index (χ2n) is 14.0. The van der Waals surface area contributed by atoms with Gasteiger partial charge in [-0.25, -0.2) is 4.79 Å². The van der Waals surface area contributed by atoms with Gasteiger partial charge in [-0.2, -0.15) is 0 Å². The van der Waals surface area contributed by atoms with E-state index in [1.54, 1.807) is 27.7 Å². The van der Waals surface area contributed by atoms with Crippen LogP contribution < -0.4 is 9.47 Å². The van der Waals surface area contributed by atoms with Gasteiger partial charge in [0.25, 0.3) is 5.69 Å². The first-order chi connectivity index (χ1) is 20.9. The number of carbonyl (C=O) groups excluding carboxylic acids is 2. The van der Waals surface area contributed by atoms with E-state index >= 15 is 0 Å². The summed E-state index contributed by atoms with van der Waals surface area (Å²) in [6.45, 7) is 12.2. The second kappa shape index (κ2) is 10.2. The van der Waals surface area contributed by atoms with Gasteiger partial charge < -0.3 is 42.6 Å². The molecule has 3 heterocycles. The fourth-order valence-electron chi connectivity index (χ4n) is 7.65. The Morgan fingerprint density at radius 2 is 1.40 bits per heavy atom. The third kappa shape index (κ3) is 4.62. The Hall–Kier alpha value is -3.04. The summed E-state index contributed by atoms with van der Waals surface area (Å²) in [5, 5.41) is 12.0. The average Bonchev–Trinajstić information content (AvgIpc) is 3.57. The third-order valence-corrected chi connectivity index (χ3v) is 10.5. The minimum Gasteiger partial charge on any atom is -0.493 e. The van der Waals surface area contributed by atoms with Crippen molar-refractivity contribution in [2.75, 3.05) is 14.2 Å². The molecule has 0 N–H and O–H groups in total. The molecule has 2 bridgehead atoms. The van der Waals surface area contributed by atoms with E-state index in [9.17, 15) is 19.7 Å². The largest absolute Gasteiger partial charge is 0.493 e. The number of hydrogen-bond donors (Lipinski definition) is 0. The van der Waals surface area contributed by atoms with Crippen LogP contribution in [0.15, 0.2) is 12.1 Å². The van der Waals surface area contributed by atoms with Crippen molar-refractivity contribution in [1.82, 2.24) is 0 Å². The van der Waals surface area contributed by atoms with Crippen LogP contribution in [-0.4, -0.2) is 84.9 Å². The molecule has 3 aliphatic heterocycles. The highest BCUT2D eigenvalue weighted by Gasteiger charge is 2.77. The SMILES string of the molecule is COc1cc(CO[C@@H]2[C@@H](OC(=O)C34CCC(C)(C(=O)O3)C4(C)C)[C@H]3OC(C)(C)O[C@H]3[C@@H]3OC(C)(C)O[C@@H]23)c([N+](=O)[O-])cc1OC. The molecule has 248 valence electrons. The molecule has 45 heavy (non-hydrogen) atoms. The number of carbonyl (C=O) groups is 2. The van der Waals surface area contributed by atoms with Gasteiger partial charge in [0.1, 0.15) is 30.5 Å². The van der Waals surface area contributed by atoms with Gasteiger partial charge >= 0.3 is 11.9 Å². The zero-order valence-electron chi connectivity index (χ0n) is 27.0. The van der Waals surface area contributed by atoms with E-state index in [1.165, 1.54) is 26.4 Å². The number of nitro benzene ring substituents is 1. The van der Waals surface area contributed by atoms with Crippen LogP contribution in [0.5, 0.6) is 11.5 Å². The van der Waals surface area contributed by atoms with E-state index in [0.717, 1.165) is 0 Å². The summed E-state index contributed by atoms with van der Waals surface area (Å²) in [7, 11) is 2.81. The highest BCUT2D eigenvalue weighted by molar-refractivity contribution is 5.93. The van der Waals surface area contributed by atoms with Gasteiger partial charge in [0.15, 0.2) is 29.2 Å². The van der Waals surface area contributed by atoms with Gasteiger partial charge in [-0.1, -0.05) is 13.8 Å². The fraction of sp³-hybridized carbons (Fsp3) is 0.742. The maximum absolute atomic E-state index is 14.2. The van der Waals surface area contributed by atoms with Crippen LogP contribution in [0.2, 0.25) is 0 Å². The average molecular weight is 636 g/mol. The number of rotatable bonds is 8. The number of nitrogens with zero attached hydrogens (tertiary/aromatic N) is 1. The number of hydrogen-bond acceptors (Lipinski definition) is 13. The molecule has 3 saturated heterocycles. The summed E-state index contributed by atoms with van der Waals surface area (Å²) in [5.41, 5.74) is -3.28. The summed E-state index contributed by atoms with van der Waals surface area (Å²) >= 11 is 0. The van der Waals surface area contributed by atoms with Gasteiger partial charge in [0.2, 0.25) is 5.60 Å². The third-order valence-electron chi connectivity index (χ3n) is 10.5. The highest BCUT2D eigenvalue weighted by Crippen LogP contribution is 2.66. The normalized spacial score (nSPS) is 38.3. The summed E-state index contributed by atoms with van der Waals surface area (Å²) < 4.78 is 54.4. The number of fused-ring (bicyclic) bond motifs is 5. The molecule has 6 rings (SSSR count). The van der Waals surface area contributed by atoms with Crippen molar-refractivity contribution in [1.29, 1.82) is 0 Å². The maximum Gasteiger partial charge on any atom is 0.351 e. The van der Waals surface area contributed by atoms with Crippen molar-refractivity contribution < 1.29 is 57.1 Å². The maximum atomic E-state index is 14.2. The molecule has 14 nitrogen and oxygen atoms in total. The molecule has 2 aliphatic carbocycles. The Balaban J connectivity index is 1.38. The first-order valence-corrected chi connectivity index (χ1v) is 15.1. The number of nitro groups is 1. The summed E-state index contributed by atoms with van der Waals surface area (Å²) in [4.78, 5) is 38.7. The molecule has 1 aromatic carbocycles. The van der Waals surface area contributed by atoms with Gasteiger partial charge in [-0.15, -0.1) is 0 Å². The predicted octanol–water partition coefficient (Wildman–Crippen LogP) is 3.58. The van der Waals surface area contributed by atoms with Crippen LogP contribution in [-0.2, 0) is 49.4 Å². The molecule has 5 aliphatic rings. The smallest absolute Gasteiger partial charge is 0.351 e. The van der Waals surface area contributed by atoms with Crippen molar-refractivity contribution in [2.45, 2.75) is 122 Å². The van der Waals surface area contributed by atoms with Gasteiger partial charge in [0, 0.05) is 5.41 Å². The van der Waals surface area contributed by atoms with Crippen LogP contribution >= 0.6 is 0 Å². The first-order valence-electron chi connectivity index (χ1n) is 15.1. The molecule has 0 spiro atoms. The minimum atomic E-state index is -1.51. The van der Waals surface area contributed by atoms with Crippen LogP contribution in [0.3, 0.4) is 0 Å². The lowest BCUT2D eigenvalue weighted by Gasteiger charge is -2.44. The standard InChI is InChI=1S/C31H41NO13/c1-27(2)30(7)10-11-31(27,45-25(30)33)26(34)40-20-19(39-14-15-12-17(37-8)18(38-9)13-16(15)32(35)36)21-23(43-28(3,4)41-21)24-22(20)42-29(5,6)44-24/h12-13,19-24H,10-11,14H2,1-9H3/t19-,20-,21+,22-,23-,24-,30?,31?/m1/s1. The van der Waals surface area contributed by atoms with Crippen molar-refractivity contribution in [2.24, 2.45) is 10.8 Å². The van der Waals surface area contributed by atoms with Gasteiger partial charge in [0.05, 0.1) is 42.8 Å². The highest BCUT2D eigenvalue weighted by atomic mass is 16.8. The Bertz CT molecular complexity index is 1420. The van der Waals surface area contributed by atoms with E-state index in [0.29, 0.717) is 12.8 Å². The molecule has 5 fully saturated rings. The molecule has 0 radical (unpaired) electrons. The van der Waals surface area contributed by atoms with E-state index in [-0.39, 0.29) is 29.4 Å². The monoisotopic (exact) mass is 635 g/mol. The molecule has 1 aromatic rings. The molecule has 0 amide bonds. The van der Waals surface area contributed by atoms with Crippen molar-refractivity contribution in [3.05, 3.63) is 27.8 Å². The summed E-state index contributed by atoms with van der Waals surface area (Å²) in [6, 6.07) is 2.73. The second-order valence-corrected chi connectivity index (χ2v) is 14.0. The fourth-order valence-corrected chi connectivity index (χ4v) is 7.65. The van der Waals surface area contributed by atoms with E-state index in [2.05, 4.69) is 0 Å². The van der Waals surface area contributed by atoms with Crippen LogP contribution in [0.1, 0.15) is 66.9 Å². The van der Waals surface area contributed by atoms with Crippen molar-refractivity contribution >= 4 is 17.6 Å². The van der Waals surface area contributed by atoms with Crippen LogP contribution in [0, 0.1) is 20.9 Å². The molecule has 8 atom stereocenters.